The van der Waals surface area contributed by atoms with Crippen molar-refractivity contribution in [1.29, 1.82) is 0 Å². The Morgan fingerprint density at radius 2 is 1.94 bits per heavy atom. The first kappa shape index (κ1) is 14.1. The molecule has 0 spiro atoms. The van der Waals surface area contributed by atoms with E-state index >= 15 is 0 Å². The van der Waals surface area contributed by atoms with Crippen molar-refractivity contribution in [1.82, 2.24) is 0 Å². The maximum absolute atomic E-state index is 10.5. The Balaban J connectivity index is 2.20. The molecule has 98 valence electrons. The number of rotatable bonds is 2. The lowest BCUT2D eigenvalue weighted by molar-refractivity contribution is 0.209. The Morgan fingerprint density at radius 1 is 1.17 bits per heavy atom. The van der Waals surface area contributed by atoms with E-state index in [1.54, 1.807) is 0 Å². The summed E-state index contributed by atoms with van der Waals surface area (Å²) in [4.78, 5) is 0. The zero-order valence-corrected chi connectivity index (χ0v) is 12.7. The van der Waals surface area contributed by atoms with E-state index in [1.807, 2.05) is 18.2 Å². The van der Waals surface area contributed by atoms with Gasteiger partial charge < -0.3 is 5.11 Å². The van der Waals surface area contributed by atoms with Crippen LogP contribution in [0.15, 0.2) is 34.3 Å². The molecule has 1 aromatic rings. The van der Waals surface area contributed by atoms with Crippen LogP contribution in [0.25, 0.3) is 0 Å². The minimum Gasteiger partial charge on any atom is -0.384 e. The molecule has 18 heavy (non-hydrogen) atoms. The maximum atomic E-state index is 10.5. The fraction of sp³-hybridized carbons (Fsp3) is 0.467. The predicted molar refractivity (Wildman–Crippen MR) is 79.9 cm³/mol. The standard InChI is InChI=1S/C15H18BrClO/c16-12-8-9-13(14(17)10-12)15(18)11-6-4-2-1-3-5-7-11/h6,8-10,15,18H,1-5,7H2/b11-6+. The Kier molecular flexibility index (Phi) is 5.28. The van der Waals surface area contributed by atoms with E-state index in [9.17, 15) is 5.11 Å². The minimum atomic E-state index is -0.552. The second-order valence-electron chi connectivity index (χ2n) is 4.80. The first-order chi connectivity index (χ1) is 8.68. The van der Waals surface area contributed by atoms with Gasteiger partial charge in [0.2, 0.25) is 0 Å². The molecule has 2 rings (SSSR count). The molecule has 0 saturated carbocycles. The van der Waals surface area contributed by atoms with Crippen molar-refractivity contribution < 1.29 is 5.11 Å². The van der Waals surface area contributed by atoms with Gasteiger partial charge in [-0.1, -0.05) is 52.5 Å². The van der Waals surface area contributed by atoms with Crippen LogP contribution in [0, 0.1) is 0 Å². The molecule has 0 saturated heterocycles. The topological polar surface area (TPSA) is 20.2 Å². The van der Waals surface area contributed by atoms with Gasteiger partial charge in [0, 0.05) is 15.1 Å². The number of aliphatic hydroxyl groups excluding tert-OH is 1. The summed E-state index contributed by atoms with van der Waals surface area (Å²) in [7, 11) is 0. The number of halogens is 2. The SMILES string of the molecule is OC(/C1=C/CCCCCC1)c1ccc(Br)cc1Cl. The molecule has 1 nitrogen and oxygen atoms in total. The summed E-state index contributed by atoms with van der Waals surface area (Å²) in [5, 5.41) is 11.1. The number of allylic oxidation sites excluding steroid dienone is 1. The summed E-state index contributed by atoms with van der Waals surface area (Å²) in [6, 6.07) is 5.66. The van der Waals surface area contributed by atoms with Crippen LogP contribution in [0.5, 0.6) is 0 Å². The zero-order valence-electron chi connectivity index (χ0n) is 10.3. The van der Waals surface area contributed by atoms with Gasteiger partial charge in [-0.15, -0.1) is 0 Å². The molecule has 1 aliphatic carbocycles. The highest BCUT2D eigenvalue weighted by atomic mass is 79.9. The van der Waals surface area contributed by atoms with Crippen LogP contribution >= 0.6 is 27.5 Å². The third-order valence-corrected chi connectivity index (χ3v) is 4.25. The monoisotopic (exact) mass is 328 g/mol. The lowest BCUT2D eigenvalue weighted by Gasteiger charge is -2.19. The van der Waals surface area contributed by atoms with Gasteiger partial charge in [-0.2, -0.15) is 0 Å². The Labute approximate surface area is 122 Å². The molecule has 0 aliphatic heterocycles. The van der Waals surface area contributed by atoms with Gasteiger partial charge in [0.15, 0.2) is 0 Å². The van der Waals surface area contributed by atoms with Gasteiger partial charge in [-0.05, 0) is 43.4 Å². The van der Waals surface area contributed by atoms with Gasteiger partial charge in [-0.3, -0.25) is 0 Å². The fourth-order valence-electron chi connectivity index (χ4n) is 2.39. The van der Waals surface area contributed by atoms with E-state index in [0.29, 0.717) is 5.02 Å². The maximum Gasteiger partial charge on any atom is 0.101 e. The van der Waals surface area contributed by atoms with Crippen LogP contribution in [0.3, 0.4) is 0 Å². The van der Waals surface area contributed by atoms with E-state index in [0.717, 1.165) is 34.9 Å². The summed E-state index contributed by atoms with van der Waals surface area (Å²) in [6.07, 6.45) is 8.65. The molecule has 0 aromatic heterocycles. The fourth-order valence-corrected chi connectivity index (χ4v) is 3.16. The van der Waals surface area contributed by atoms with Crippen LogP contribution in [-0.2, 0) is 0 Å². The van der Waals surface area contributed by atoms with E-state index in [4.69, 9.17) is 11.6 Å². The summed E-state index contributed by atoms with van der Waals surface area (Å²) in [5.74, 6) is 0. The average Bonchev–Trinajstić information content (AvgIpc) is 2.27. The smallest absolute Gasteiger partial charge is 0.101 e. The minimum absolute atomic E-state index is 0.552. The summed E-state index contributed by atoms with van der Waals surface area (Å²) >= 11 is 9.58. The van der Waals surface area contributed by atoms with Crippen LogP contribution in [-0.4, -0.2) is 5.11 Å². The highest BCUT2D eigenvalue weighted by molar-refractivity contribution is 9.10. The molecule has 3 heteroatoms. The van der Waals surface area contributed by atoms with Crippen molar-refractivity contribution in [2.24, 2.45) is 0 Å². The molecule has 0 bridgehead atoms. The van der Waals surface area contributed by atoms with E-state index in [-0.39, 0.29) is 0 Å². The highest BCUT2D eigenvalue weighted by Gasteiger charge is 2.17. The predicted octanol–water partition coefficient (Wildman–Crippen LogP) is 5.42. The quantitative estimate of drug-likeness (QED) is 0.719. The molecule has 1 N–H and O–H groups in total. The van der Waals surface area contributed by atoms with Crippen LogP contribution in [0.1, 0.15) is 50.2 Å². The van der Waals surface area contributed by atoms with Crippen LogP contribution < -0.4 is 0 Å². The lowest BCUT2D eigenvalue weighted by atomic mass is 9.93. The average molecular weight is 330 g/mol. The van der Waals surface area contributed by atoms with Crippen molar-refractivity contribution in [3.05, 3.63) is 44.9 Å². The molecule has 0 radical (unpaired) electrons. The van der Waals surface area contributed by atoms with Crippen molar-refractivity contribution in [2.75, 3.05) is 0 Å². The lowest BCUT2D eigenvalue weighted by Crippen LogP contribution is -2.04. The molecule has 1 unspecified atom stereocenters. The molecule has 1 aliphatic rings. The van der Waals surface area contributed by atoms with Crippen molar-refractivity contribution >= 4 is 27.5 Å². The normalized spacial score (nSPS) is 21.6. The molecule has 1 atom stereocenters. The second-order valence-corrected chi connectivity index (χ2v) is 6.12. The molecule has 1 aromatic carbocycles. The van der Waals surface area contributed by atoms with Crippen molar-refractivity contribution in [3.8, 4) is 0 Å². The van der Waals surface area contributed by atoms with E-state index in [1.165, 1.54) is 19.3 Å². The van der Waals surface area contributed by atoms with Crippen LogP contribution in [0.2, 0.25) is 5.02 Å². The van der Waals surface area contributed by atoms with Gasteiger partial charge in [0.05, 0.1) is 0 Å². The number of hydrogen-bond acceptors (Lipinski definition) is 1. The van der Waals surface area contributed by atoms with Gasteiger partial charge in [0.25, 0.3) is 0 Å². The number of aliphatic hydroxyl groups is 1. The number of hydrogen-bond donors (Lipinski definition) is 1. The largest absolute Gasteiger partial charge is 0.384 e. The zero-order chi connectivity index (χ0) is 13.0. The Hall–Kier alpha value is -0.310. The Bertz CT molecular complexity index is 442. The van der Waals surface area contributed by atoms with Gasteiger partial charge >= 0.3 is 0 Å². The van der Waals surface area contributed by atoms with E-state index in [2.05, 4.69) is 22.0 Å². The van der Waals surface area contributed by atoms with Gasteiger partial charge in [0.1, 0.15) is 6.10 Å². The summed E-state index contributed by atoms with van der Waals surface area (Å²) < 4.78 is 0.940. The summed E-state index contributed by atoms with van der Waals surface area (Å²) in [6.45, 7) is 0. The van der Waals surface area contributed by atoms with Crippen molar-refractivity contribution in [3.63, 3.8) is 0 Å². The Morgan fingerprint density at radius 3 is 2.72 bits per heavy atom. The molecular formula is C15H18BrClO. The van der Waals surface area contributed by atoms with Gasteiger partial charge in [-0.25, -0.2) is 0 Å². The molecule has 0 fully saturated rings. The molecular weight excluding hydrogens is 312 g/mol. The summed E-state index contributed by atoms with van der Waals surface area (Å²) in [5.41, 5.74) is 1.94. The first-order valence-corrected chi connectivity index (χ1v) is 7.67. The second kappa shape index (κ2) is 6.74. The van der Waals surface area contributed by atoms with Crippen molar-refractivity contribution in [2.45, 2.75) is 44.6 Å². The first-order valence-electron chi connectivity index (χ1n) is 6.50. The molecule has 0 heterocycles. The highest BCUT2D eigenvalue weighted by Crippen LogP contribution is 2.33. The number of benzene rings is 1. The van der Waals surface area contributed by atoms with Crippen LogP contribution in [0.4, 0.5) is 0 Å². The van der Waals surface area contributed by atoms with E-state index < -0.39 is 6.10 Å². The third-order valence-electron chi connectivity index (χ3n) is 3.43. The third kappa shape index (κ3) is 3.59. The molecule has 0 amide bonds.